The van der Waals surface area contributed by atoms with Gasteiger partial charge in [0.2, 0.25) is 0 Å². The van der Waals surface area contributed by atoms with Crippen molar-refractivity contribution in [1.82, 2.24) is 4.90 Å². The second-order valence-corrected chi connectivity index (χ2v) is 9.85. The zero-order valence-electron chi connectivity index (χ0n) is 21.6. The summed E-state index contributed by atoms with van der Waals surface area (Å²) in [6, 6.07) is 8.36. The van der Waals surface area contributed by atoms with Gasteiger partial charge < -0.3 is 24.0 Å². The van der Waals surface area contributed by atoms with Crippen LogP contribution in [0.15, 0.2) is 64.7 Å². The van der Waals surface area contributed by atoms with Crippen molar-refractivity contribution in [2.75, 3.05) is 39.8 Å². The molecule has 1 aromatic rings. The van der Waals surface area contributed by atoms with Crippen LogP contribution < -0.4 is 4.90 Å². The van der Waals surface area contributed by atoms with E-state index in [-0.39, 0.29) is 17.6 Å². The lowest BCUT2D eigenvalue weighted by Crippen LogP contribution is -2.46. The summed E-state index contributed by atoms with van der Waals surface area (Å²) in [7, 11) is 7.39. The molecular weight excluding hydrogens is 428 g/mol. The summed E-state index contributed by atoms with van der Waals surface area (Å²) in [5.74, 6) is -0.0177. The number of esters is 1. The number of fused-ring (bicyclic) bond motifs is 2. The molecule has 6 nitrogen and oxygen atoms in total. The van der Waals surface area contributed by atoms with E-state index in [9.17, 15) is 4.79 Å². The van der Waals surface area contributed by atoms with Crippen LogP contribution in [0.5, 0.6) is 0 Å². The largest absolute Gasteiger partial charge is 0.498 e. The van der Waals surface area contributed by atoms with Crippen LogP contribution in [0.25, 0.3) is 5.57 Å². The fraction of sp³-hybridized carbons (Fsp3) is 0.464. The maximum absolute atomic E-state index is 13.6. The van der Waals surface area contributed by atoms with E-state index in [1.807, 2.05) is 33.2 Å². The molecule has 0 N–H and O–H groups in total. The average molecular weight is 465 g/mol. The summed E-state index contributed by atoms with van der Waals surface area (Å²) in [5.41, 5.74) is 7.15. The minimum Gasteiger partial charge on any atom is -0.498 e. The van der Waals surface area contributed by atoms with E-state index in [1.54, 1.807) is 14.2 Å². The van der Waals surface area contributed by atoms with Crippen LogP contribution in [0.1, 0.15) is 39.7 Å². The Morgan fingerprint density at radius 3 is 2.59 bits per heavy atom. The number of carbonyl (C=O) groups is 1. The quantitative estimate of drug-likeness (QED) is 0.558. The van der Waals surface area contributed by atoms with E-state index >= 15 is 0 Å². The number of allylic oxidation sites excluding steroid dienone is 3. The summed E-state index contributed by atoms with van der Waals surface area (Å²) in [6.45, 7) is 8.77. The highest BCUT2D eigenvalue weighted by molar-refractivity contribution is 5.96. The van der Waals surface area contributed by atoms with Crippen LogP contribution in [-0.2, 0) is 19.0 Å². The number of ether oxygens (including phenoxy) is 3. The monoisotopic (exact) mass is 464 g/mol. The van der Waals surface area contributed by atoms with Crippen LogP contribution in [0.4, 0.5) is 5.69 Å². The zero-order chi connectivity index (χ0) is 24.8. The maximum Gasteiger partial charge on any atom is 0.319 e. The second kappa shape index (κ2) is 8.99. The molecule has 6 heteroatoms. The van der Waals surface area contributed by atoms with E-state index in [1.165, 1.54) is 5.57 Å². The molecule has 3 aliphatic rings. The molecule has 0 amide bonds. The molecular formula is C28H36N2O4. The normalized spacial score (nSPS) is 23.2. The molecule has 1 aromatic carbocycles. The first kappa shape index (κ1) is 24.1. The Balaban J connectivity index is 1.99. The highest BCUT2D eigenvalue weighted by Crippen LogP contribution is 2.54. The first-order chi connectivity index (χ1) is 16.1. The third kappa shape index (κ3) is 3.84. The molecule has 2 aliphatic heterocycles. The highest BCUT2D eigenvalue weighted by atomic mass is 16.5. The average Bonchev–Trinajstić information content (AvgIpc) is 3.12. The Hall–Kier alpha value is -2.99. The minimum absolute atomic E-state index is 0.225. The first-order valence-electron chi connectivity index (χ1n) is 11.8. The Bertz CT molecular complexity index is 1120. The van der Waals surface area contributed by atoms with Gasteiger partial charge in [-0.05, 0) is 75.1 Å². The molecule has 2 heterocycles. The van der Waals surface area contributed by atoms with Crippen molar-refractivity contribution in [2.24, 2.45) is 5.92 Å². The van der Waals surface area contributed by atoms with E-state index in [0.29, 0.717) is 6.61 Å². The lowest BCUT2D eigenvalue weighted by atomic mass is 9.78. The Morgan fingerprint density at radius 2 is 1.97 bits per heavy atom. The van der Waals surface area contributed by atoms with Crippen LogP contribution in [0, 0.1) is 5.92 Å². The molecule has 0 spiro atoms. The Labute approximate surface area is 203 Å². The summed E-state index contributed by atoms with van der Waals surface area (Å²) < 4.78 is 17.0. The molecule has 4 rings (SSSR count). The SMILES string of the molecule is CCOC(=O)C1C(c2cccc(N(C)C)c2)=C(C)N2C1=C1C=C(OC)C(OC)C=C1CC2(C)C. The van der Waals surface area contributed by atoms with Gasteiger partial charge in [-0.3, -0.25) is 4.79 Å². The van der Waals surface area contributed by atoms with Crippen molar-refractivity contribution in [3.05, 3.63) is 70.3 Å². The van der Waals surface area contributed by atoms with Gasteiger partial charge in [0, 0.05) is 49.4 Å². The molecule has 0 aromatic heterocycles. The molecule has 0 radical (unpaired) electrons. The zero-order valence-corrected chi connectivity index (χ0v) is 21.6. The maximum atomic E-state index is 13.6. The van der Waals surface area contributed by atoms with Gasteiger partial charge >= 0.3 is 5.97 Å². The van der Waals surface area contributed by atoms with Gasteiger partial charge in [0.05, 0.1) is 13.7 Å². The molecule has 34 heavy (non-hydrogen) atoms. The minimum atomic E-state index is -0.524. The predicted molar refractivity (Wildman–Crippen MR) is 135 cm³/mol. The van der Waals surface area contributed by atoms with Gasteiger partial charge in [-0.1, -0.05) is 12.1 Å². The molecule has 0 saturated carbocycles. The van der Waals surface area contributed by atoms with Crippen molar-refractivity contribution >= 4 is 17.2 Å². The second-order valence-electron chi connectivity index (χ2n) is 9.85. The fourth-order valence-electron chi connectivity index (χ4n) is 5.58. The molecule has 0 saturated heterocycles. The van der Waals surface area contributed by atoms with Crippen molar-refractivity contribution in [3.8, 4) is 0 Å². The third-order valence-corrected chi connectivity index (χ3v) is 6.98. The first-order valence-corrected chi connectivity index (χ1v) is 11.8. The molecule has 182 valence electrons. The van der Waals surface area contributed by atoms with Crippen LogP contribution in [0.3, 0.4) is 0 Å². The van der Waals surface area contributed by atoms with Crippen LogP contribution in [-0.4, -0.2) is 57.4 Å². The smallest absolute Gasteiger partial charge is 0.319 e. The van der Waals surface area contributed by atoms with Crippen LogP contribution >= 0.6 is 0 Å². The van der Waals surface area contributed by atoms with Crippen molar-refractivity contribution < 1.29 is 19.0 Å². The summed E-state index contributed by atoms with van der Waals surface area (Å²) >= 11 is 0. The summed E-state index contributed by atoms with van der Waals surface area (Å²) in [4.78, 5) is 18.0. The number of rotatable bonds is 6. The van der Waals surface area contributed by atoms with E-state index < -0.39 is 5.92 Å². The topological polar surface area (TPSA) is 51.2 Å². The molecule has 1 aliphatic carbocycles. The standard InChI is InChI=1S/C28H36N2O4/c1-9-34-27(31)25-24(18-11-10-12-20(13-18)29(5)6)17(2)30-26(25)21-15-23(33-8)22(32-7)14-19(21)16-28(30,3)4/h10-15,22,25H,9,16H2,1-8H3. The van der Waals surface area contributed by atoms with Gasteiger partial charge in [0.1, 0.15) is 17.8 Å². The molecule has 0 bridgehead atoms. The number of hydrogen-bond acceptors (Lipinski definition) is 6. The Kier molecular flexibility index (Phi) is 6.38. The summed E-state index contributed by atoms with van der Waals surface area (Å²) in [6.07, 6.45) is 4.76. The number of hydrogen-bond donors (Lipinski definition) is 0. The van der Waals surface area contributed by atoms with E-state index in [0.717, 1.165) is 46.0 Å². The van der Waals surface area contributed by atoms with Crippen LogP contribution in [0.2, 0.25) is 0 Å². The fourth-order valence-corrected chi connectivity index (χ4v) is 5.58. The number of methoxy groups -OCH3 is 2. The Morgan fingerprint density at radius 1 is 1.24 bits per heavy atom. The lowest BCUT2D eigenvalue weighted by Gasteiger charge is -2.46. The van der Waals surface area contributed by atoms with Crippen molar-refractivity contribution in [2.45, 2.75) is 45.8 Å². The lowest BCUT2D eigenvalue weighted by molar-refractivity contribution is -0.145. The van der Waals surface area contributed by atoms with Crippen molar-refractivity contribution in [1.29, 1.82) is 0 Å². The molecule has 0 fully saturated rings. The molecule has 2 unspecified atom stereocenters. The third-order valence-electron chi connectivity index (χ3n) is 6.98. The number of benzene rings is 1. The van der Waals surface area contributed by atoms with Gasteiger partial charge in [-0.15, -0.1) is 0 Å². The van der Waals surface area contributed by atoms with E-state index in [4.69, 9.17) is 14.2 Å². The predicted octanol–water partition coefficient (Wildman–Crippen LogP) is 4.90. The highest BCUT2D eigenvalue weighted by Gasteiger charge is 2.50. The van der Waals surface area contributed by atoms with E-state index in [2.05, 4.69) is 54.8 Å². The van der Waals surface area contributed by atoms with Crippen molar-refractivity contribution in [3.63, 3.8) is 0 Å². The number of nitrogens with zero attached hydrogens (tertiary/aromatic N) is 2. The van der Waals surface area contributed by atoms with Gasteiger partial charge in [0.25, 0.3) is 0 Å². The van der Waals surface area contributed by atoms with Gasteiger partial charge in [0.15, 0.2) is 0 Å². The van der Waals surface area contributed by atoms with Gasteiger partial charge in [-0.25, -0.2) is 0 Å². The number of carbonyl (C=O) groups excluding carboxylic acids is 1. The molecule has 2 atom stereocenters. The van der Waals surface area contributed by atoms with Gasteiger partial charge in [-0.2, -0.15) is 0 Å². The summed E-state index contributed by atoms with van der Waals surface area (Å²) in [5, 5.41) is 0. The number of anilines is 1.